The molecule has 1 aromatic carbocycles. The van der Waals surface area contributed by atoms with Crippen LogP contribution in [0.1, 0.15) is 111 Å². The molecule has 0 radical (unpaired) electrons. The molecule has 9 atom stereocenters. The molecule has 0 bridgehead atoms. The molecule has 1 amide bonds. The number of fused-ring (bicyclic) bond motifs is 5. The third-order valence-corrected chi connectivity index (χ3v) is 13.2. The van der Waals surface area contributed by atoms with Crippen LogP contribution in [0.5, 0.6) is 5.75 Å². The van der Waals surface area contributed by atoms with E-state index in [1.54, 1.807) is 0 Å². The summed E-state index contributed by atoms with van der Waals surface area (Å²) in [6.07, 6.45) is 14.3. The van der Waals surface area contributed by atoms with E-state index in [0.717, 1.165) is 48.9 Å². The minimum atomic E-state index is -4.69. The summed E-state index contributed by atoms with van der Waals surface area (Å²) in [6, 6.07) is 4.49. The summed E-state index contributed by atoms with van der Waals surface area (Å²) in [5.74, 6) is 3.35. The third-order valence-electron chi connectivity index (χ3n) is 12.7. The minimum Gasteiger partial charge on any atom is -0.480 e. The Labute approximate surface area is 280 Å². The first-order chi connectivity index (χ1) is 22.1. The van der Waals surface area contributed by atoms with E-state index in [-0.39, 0.29) is 23.7 Å². The number of carbonyl (C=O) groups is 2. The Kier molecular flexibility index (Phi) is 10.9. The molecule has 10 heteroatoms. The quantitative estimate of drug-likeness (QED) is 0.128. The monoisotopic (exact) mass is 673 g/mol. The molecule has 1 aromatic rings. The van der Waals surface area contributed by atoms with Gasteiger partial charge in [0.1, 0.15) is 17.9 Å². The van der Waals surface area contributed by atoms with Gasteiger partial charge < -0.3 is 19.7 Å². The Morgan fingerprint density at radius 3 is 2.38 bits per heavy atom. The predicted molar refractivity (Wildman–Crippen MR) is 181 cm³/mol. The van der Waals surface area contributed by atoms with Gasteiger partial charge in [-0.25, -0.2) is 14.2 Å². The number of rotatable bonds is 12. The molecule has 4 N–H and O–H groups in total. The molecule has 0 aliphatic heterocycles. The van der Waals surface area contributed by atoms with E-state index in [0.29, 0.717) is 23.3 Å². The van der Waals surface area contributed by atoms with Crippen LogP contribution < -0.4 is 9.84 Å². The molecule has 5 rings (SSSR count). The van der Waals surface area contributed by atoms with Crippen molar-refractivity contribution < 1.29 is 38.3 Å². The highest BCUT2D eigenvalue weighted by Gasteiger charge is 2.59. The second-order valence-corrected chi connectivity index (χ2v) is 17.2. The standard InChI is InChI=1S/C37H56NO8P/c1-23(2)7-6-8-24(3)30-15-16-31-29-14-11-26-22-28(17-19-36(26,4)32(29)18-20-37(30,31)5)45-35(41)38-33(34(39)40)21-25-9-12-27(13-10-25)46-47(42,43)44/h9-13,23-24,28-33H,6-8,14-22H2,1-5H3,(H,38,41)(H,39,40)(H2,42,43,44)/t24-,28+,29+,30-,31+,32+,33?,36?,37?/m1/s1. The number of hydrogen-bond acceptors (Lipinski definition) is 5. The van der Waals surface area contributed by atoms with Gasteiger partial charge in [0.2, 0.25) is 0 Å². The number of hydrogen-bond donors (Lipinski definition) is 4. The number of carboxylic acid groups (broad SMARTS) is 1. The summed E-state index contributed by atoms with van der Waals surface area (Å²) >= 11 is 0. The largest absolute Gasteiger partial charge is 0.524 e. The maximum Gasteiger partial charge on any atom is 0.524 e. The van der Waals surface area contributed by atoms with Crippen molar-refractivity contribution in [1.82, 2.24) is 5.32 Å². The van der Waals surface area contributed by atoms with Crippen LogP contribution >= 0.6 is 7.82 Å². The van der Waals surface area contributed by atoms with Crippen LogP contribution in [-0.4, -0.2) is 39.1 Å². The molecule has 262 valence electrons. The third kappa shape index (κ3) is 8.11. The molecule has 9 nitrogen and oxygen atoms in total. The van der Waals surface area contributed by atoms with E-state index in [4.69, 9.17) is 14.5 Å². The number of alkyl carbamates (subject to hydrolysis) is 1. The summed E-state index contributed by atoms with van der Waals surface area (Å²) in [4.78, 5) is 42.8. The van der Waals surface area contributed by atoms with Crippen LogP contribution in [0.3, 0.4) is 0 Å². The first-order valence-corrected chi connectivity index (χ1v) is 19.4. The van der Waals surface area contributed by atoms with E-state index in [2.05, 4.69) is 50.5 Å². The minimum absolute atomic E-state index is 0.0186. The van der Waals surface area contributed by atoms with Gasteiger partial charge in [-0.1, -0.05) is 77.7 Å². The van der Waals surface area contributed by atoms with Crippen LogP contribution in [0.15, 0.2) is 35.9 Å². The Morgan fingerprint density at radius 1 is 1.00 bits per heavy atom. The highest BCUT2D eigenvalue weighted by Crippen LogP contribution is 2.67. The van der Waals surface area contributed by atoms with Gasteiger partial charge in [-0.2, -0.15) is 0 Å². The Hall–Kier alpha value is -2.35. The molecular formula is C37H56NO8P. The summed E-state index contributed by atoms with van der Waals surface area (Å²) in [5, 5.41) is 12.3. The van der Waals surface area contributed by atoms with Crippen molar-refractivity contribution in [3.05, 3.63) is 41.5 Å². The molecule has 4 aliphatic carbocycles. The fraction of sp³-hybridized carbons (Fsp3) is 0.730. The van der Waals surface area contributed by atoms with Crippen LogP contribution in [0.25, 0.3) is 0 Å². The van der Waals surface area contributed by atoms with Crippen molar-refractivity contribution in [2.75, 3.05) is 0 Å². The first kappa shape index (κ1) is 35.9. The van der Waals surface area contributed by atoms with Crippen molar-refractivity contribution in [3.63, 3.8) is 0 Å². The number of carboxylic acids is 1. The van der Waals surface area contributed by atoms with E-state index in [1.807, 2.05) is 0 Å². The summed E-state index contributed by atoms with van der Waals surface area (Å²) in [5.41, 5.74) is 2.54. The number of aliphatic carboxylic acids is 1. The lowest BCUT2D eigenvalue weighted by Crippen LogP contribution is -2.51. The number of allylic oxidation sites excluding steroid dienone is 1. The van der Waals surface area contributed by atoms with Crippen LogP contribution in [-0.2, 0) is 20.5 Å². The van der Waals surface area contributed by atoms with Crippen molar-refractivity contribution in [2.45, 2.75) is 124 Å². The summed E-state index contributed by atoms with van der Waals surface area (Å²) in [6.45, 7) is 12.3. The SMILES string of the molecule is CC(C)CCC[C@@H](C)[C@H]1CC[C@H]2[C@@H]3CC=C4C[C@@H](OC(=O)NC(Cc5ccc(OP(=O)(O)O)cc5)C(=O)O)CCC4(C)[C@H]3CCC12C. The zero-order chi connectivity index (χ0) is 34.1. The van der Waals surface area contributed by atoms with Gasteiger partial charge in [0.05, 0.1) is 0 Å². The fourth-order valence-electron chi connectivity index (χ4n) is 10.3. The van der Waals surface area contributed by atoms with Crippen LogP contribution in [0, 0.1) is 46.3 Å². The van der Waals surface area contributed by atoms with Gasteiger partial charge in [-0.05, 0) is 109 Å². The van der Waals surface area contributed by atoms with E-state index in [9.17, 15) is 19.3 Å². The number of carbonyl (C=O) groups excluding carboxylic acids is 1. The molecule has 0 spiro atoms. The van der Waals surface area contributed by atoms with Gasteiger partial charge in [-0.3, -0.25) is 9.79 Å². The maximum atomic E-state index is 12.9. The second kappa shape index (κ2) is 14.2. The Bertz CT molecular complexity index is 1360. The lowest BCUT2D eigenvalue weighted by Gasteiger charge is -2.58. The number of phosphoric acid groups is 1. The van der Waals surface area contributed by atoms with Gasteiger partial charge in [0.15, 0.2) is 0 Å². The zero-order valence-corrected chi connectivity index (χ0v) is 29.7. The van der Waals surface area contributed by atoms with Crippen LogP contribution in [0.2, 0.25) is 0 Å². The molecular weight excluding hydrogens is 617 g/mol. The van der Waals surface area contributed by atoms with Gasteiger partial charge in [0, 0.05) is 12.8 Å². The molecule has 3 unspecified atom stereocenters. The topological polar surface area (TPSA) is 142 Å². The Balaban J connectivity index is 1.17. The van der Waals surface area contributed by atoms with Gasteiger partial charge in [0.25, 0.3) is 0 Å². The molecule has 0 aromatic heterocycles. The molecule has 47 heavy (non-hydrogen) atoms. The van der Waals surface area contributed by atoms with E-state index < -0.39 is 25.9 Å². The summed E-state index contributed by atoms with van der Waals surface area (Å²) in [7, 11) is -4.69. The smallest absolute Gasteiger partial charge is 0.480 e. The number of benzene rings is 1. The molecule has 4 aliphatic rings. The maximum absolute atomic E-state index is 12.9. The predicted octanol–water partition coefficient (Wildman–Crippen LogP) is 8.29. The van der Waals surface area contributed by atoms with Gasteiger partial charge in [-0.15, -0.1) is 0 Å². The van der Waals surface area contributed by atoms with E-state index >= 15 is 0 Å². The highest BCUT2D eigenvalue weighted by molar-refractivity contribution is 7.46. The van der Waals surface area contributed by atoms with Crippen LogP contribution in [0.4, 0.5) is 4.79 Å². The van der Waals surface area contributed by atoms with Crippen molar-refractivity contribution in [3.8, 4) is 5.75 Å². The number of ether oxygens (including phenoxy) is 1. The van der Waals surface area contributed by atoms with Gasteiger partial charge >= 0.3 is 19.9 Å². The lowest BCUT2D eigenvalue weighted by molar-refractivity contribution is -0.139. The second-order valence-electron chi connectivity index (χ2n) is 16.0. The van der Waals surface area contributed by atoms with Crippen molar-refractivity contribution in [1.29, 1.82) is 0 Å². The molecule has 0 saturated heterocycles. The highest BCUT2D eigenvalue weighted by atomic mass is 31.2. The lowest BCUT2D eigenvalue weighted by atomic mass is 9.47. The number of nitrogens with one attached hydrogen (secondary N) is 1. The normalized spacial score (nSPS) is 33.1. The molecule has 0 heterocycles. The Morgan fingerprint density at radius 2 is 1.72 bits per heavy atom. The average molecular weight is 674 g/mol. The van der Waals surface area contributed by atoms with Crippen molar-refractivity contribution in [2.24, 2.45) is 46.3 Å². The number of amides is 1. The zero-order valence-electron chi connectivity index (χ0n) is 28.8. The number of phosphoric ester groups is 1. The first-order valence-electron chi connectivity index (χ1n) is 17.8. The summed E-state index contributed by atoms with van der Waals surface area (Å²) < 4.78 is 21.4. The average Bonchev–Trinajstić information content (AvgIpc) is 3.34. The molecule has 3 fully saturated rings. The van der Waals surface area contributed by atoms with Crippen molar-refractivity contribution >= 4 is 19.9 Å². The fourth-order valence-corrected chi connectivity index (χ4v) is 10.7. The molecule has 3 saturated carbocycles. The van der Waals surface area contributed by atoms with E-state index in [1.165, 1.54) is 74.8 Å².